The smallest absolute Gasteiger partial charge is 0.0639 e. The van der Waals surface area contributed by atoms with Gasteiger partial charge in [-0.3, -0.25) is 0 Å². The number of para-hydroxylation sites is 1. The van der Waals surface area contributed by atoms with Gasteiger partial charge in [-0.15, -0.1) is 0 Å². The summed E-state index contributed by atoms with van der Waals surface area (Å²) in [6.07, 6.45) is 0. The Kier molecular flexibility index (Phi) is 4.57. The second-order valence-electron chi connectivity index (χ2n) is 6.13. The van der Waals surface area contributed by atoms with Crippen LogP contribution in [0.3, 0.4) is 0 Å². The van der Waals surface area contributed by atoms with E-state index in [1.165, 1.54) is 16.8 Å². The standard InChI is InChI=1S/C22H21NS/c1-4-10-18(11-5-1)21-16-24-17-22(19-12-6-2-7-13-19)23(21)20-14-8-3-9-15-20/h1-15,21-22H,16-17H2/t21-,22+. The Morgan fingerprint density at radius 2 is 1.00 bits per heavy atom. The molecule has 1 aliphatic heterocycles. The van der Waals surface area contributed by atoms with E-state index >= 15 is 0 Å². The van der Waals surface area contributed by atoms with Crippen LogP contribution in [0.4, 0.5) is 5.69 Å². The molecule has 0 spiro atoms. The lowest BCUT2D eigenvalue weighted by Crippen LogP contribution is -2.39. The normalized spacial score (nSPS) is 20.8. The van der Waals surface area contributed by atoms with E-state index < -0.39 is 0 Å². The molecule has 2 atom stereocenters. The van der Waals surface area contributed by atoms with Crippen LogP contribution in [0.15, 0.2) is 91.0 Å². The summed E-state index contributed by atoms with van der Waals surface area (Å²) in [6, 6.07) is 33.5. The molecule has 120 valence electrons. The molecule has 1 nitrogen and oxygen atoms in total. The zero-order valence-electron chi connectivity index (χ0n) is 13.6. The first kappa shape index (κ1) is 15.3. The average Bonchev–Trinajstić information content (AvgIpc) is 2.69. The minimum absolute atomic E-state index is 0.401. The van der Waals surface area contributed by atoms with Crippen LogP contribution in [0.2, 0.25) is 0 Å². The number of hydrogen-bond acceptors (Lipinski definition) is 2. The fraction of sp³-hybridized carbons (Fsp3) is 0.182. The Morgan fingerprint density at radius 3 is 1.46 bits per heavy atom. The summed E-state index contributed by atoms with van der Waals surface area (Å²) in [6.45, 7) is 0. The zero-order chi connectivity index (χ0) is 16.2. The quantitative estimate of drug-likeness (QED) is 0.603. The Labute approximate surface area is 148 Å². The molecule has 3 aromatic rings. The van der Waals surface area contributed by atoms with Gasteiger partial charge in [0.15, 0.2) is 0 Å². The highest BCUT2D eigenvalue weighted by Crippen LogP contribution is 2.43. The number of anilines is 1. The Morgan fingerprint density at radius 1 is 0.583 bits per heavy atom. The van der Waals surface area contributed by atoms with Crippen molar-refractivity contribution < 1.29 is 0 Å². The SMILES string of the molecule is c1ccc([C@H]2CSC[C@@H](c3ccccc3)N2c2ccccc2)cc1. The molecule has 1 saturated heterocycles. The first-order valence-corrected chi connectivity index (χ1v) is 9.60. The molecule has 1 fully saturated rings. The van der Waals surface area contributed by atoms with E-state index in [9.17, 15) is 0 Å². The van der Waals surface area contributed by atoms with Gasteiger partial charge in [0.25, 0.3) is 0 Å². The first-order chi connectivity index (χ1) is 11.9. The molecule has 0 bridgehead atoms. The van der Waals surface area contributed by atoms with Crippen LogP contribution in [0.5, 0.6) is 0 Å². The summed E-state index contributed by atoms with van der Waals surface area (Å²) < 4.78 is 0. The van der Waals surface area contributed by atoms with Crippen molar-refractivity contribution in [2.24, 2.45) is 0 Å². The number of thioether (sulfide) groups is 1. The maximum Gasteiger partial charge on any atom is 0.0639 e. The highest BCUT2D eigenvalue weighted by atomic mass is 32.2. The van der Waals surface area contributed by atoms with Crippen LogP contribution in [0, 0.1) is 0 Å². The lowest BCUT2D eigenvalue weighted by Gasteiger charge is -2.44. The van der Waals surface area contributed by atoms with E-state index in [1.807, 2.05) is 0 Å². The Bertz CT molecular complexity index is 710. The molecule has 0 amide bonds. The molecular formula is C22H21NS. The van der Waals surface area contributed by atoms with E-state index in [0.29, 0.717) is 12.1 Å². The predicted octanol–water partition coefficient (Wildman–Crippen LogP) is 5.72. The molecule has 0 unspecified atom stereocenters. The van der Waals surface area contributed by atoms with E-state index in [-0.39, 0.29) is 0 Å². The van der Waals surface area contributed by atoms with Crippen molar-refractivity contribution in [1.29, 1.82) is 0 Å². The van der Waals surface area contributed by atoms with Crippen LogP contribution in [-0.4, -0.2) is 11.5 Å². The maximum absolute atomic E-state index is 2.61. The molecule has 0 aromatic heterocycles. The van der Waals surface area contributed by atoms with Crippen LogP contribution in [-0.2, 0) is 0 Å². The van der Waals surface area contributed by atoms with E-state index in [1.54, 1.807) is 0 Å². The molecule has 4 rings (SSSR count). The lowest BCUT2D eigenvalue weighted by atomic mass is 9.99. The van der Waals surface area contributed by atoms with Gasteiger partial charge < -0.3 is 4.90 Å². The number of benzene rings is 3. The van der Waals surface area contributed by atoms with Crippen molar-refractivity contribution in [3.8, 4) is 0 Å². The van der Waals surface area contributed by atoms with Gasteiger partial charge in [0.2, 0.25) is 0 Å². The van der Waals surface area contributed by atoms with E-state index in [0.717, 1.165) is 11.5 Å². The molecule has 0 aliphatic carbocycles. The van der Waals surface area contributed by atoms with Crippen molar-refractivity contribution >= 4 is 17.4 Å². The Balaban J connectivity index is 1.79. The second-order valence-corrected chi connectivity index (χ2v) is 7.21. The number of rotatable bonds is 3. The summed E-state index contributed by atoms with van der Waals surface area (Å²) in [5.74, 6) is 2.25. The fourth-order valence-corrected chi connectivity index (χ4v) is 4.78. The first-order valence-electron chi connectivity index (χ1n) is 8.44. The largest absolute Gasteiger partial charge is 0.356 e. The third-order valence-corrected chi connectivity index (χ3v) is 5.75. The Hall–Kier alpha value is -2.19. The molecule has 3 aromatic carbocycles. The highest BCUT2D eigenvalue weighted by molar-refractivity contribution is 7.99. The van der Waals surface area contributed by atoms with Crippen LogP contribution in [0.1, 0.15) is 23.2 Å². The topological polar surface area (TPSA) is 3.24 Å². The average molecular weight is 331 g/mol. The highest BCUT2D eigenvalue weighted by Gasteiger charge is 2.32. The monoisotopic (exact) mass is 331 g/mol. The summed E-state index contributed by atoms with van der Waals surface area (Å²) in [7, 11) is 0. The zero-order valence-corrected chi connectivity index (χ0v) is 14.4. The van der Waals surface area contributed by atoms with Gasteiger partial charge in [-0.1, -0.05) is 78.9 Å². The van der Waals surface area contributed by atoms with Crippen molar-refractivity contribution in [2.75, 3.05) is 16.4 Å². The van der Waals surface area contributed by atoms with E-state index in [4.69, 9.17) is 0 Å². The third-order valence-electron chi connectivity index (χ3n) is 4.65. The molecule has 1 aliphatic rings. The minimum atomic E-state index is 0.401. The molecule has 2 heteroatoms. The van der Waals surface area contributed by atoms with Crippen LogP contribution < -0.4 is 4.90 Å². The van der Waals surface area contributed by atoms with Crippen molar-refractivity contribution in [1.82, 2.24) is 0 Å². The van der Waals surface area contributed by atoms with Crippen molar-refractivity contribution in [3.63, 3.8) is 0 Å². The molecular weight excluding hydrogens is 310 g/mol. The summed E-state index contributed by atoms with van der Waals surface area (Å²) in [4.78, 5) is 2.61. The molecule has 0 radical (unpaired) electrons. The number of hydrogen-bond donors (Lipinski definition) is 0. The van der Waals surface area contributed by atoms with Crippen LogP contribution in [0.25, 0.3) is 0 Å². The second kappa shape index (κ2) is 7.14. The van der Waals surface area contributed by atoms with Crippen molar-refractivity contribution in [2.45, 2.75) is 12.1 Å². The molecule has 0 saturated carbocycles. The summed E-state index contributed by atoms with van der Waals surface area (Å²) in [5.41, 5.74) is 4.10. The third kappa shape index (κ3) is 3.07. The minimum Gasteiger partial charge on any atom is -0.356 e. The van der Waals surface area contributed by atoms with E-state index in [2.05, 4.69) is 108 Å². The molecule has 1 heterocycles. The summed E-state index contributed by atoms with van der Waals surface area (Å²) in [5, 5.41) is 0. The fourth-order valence-electron chi connectivity index (χ4n) is 3.49. The molecule has 24 heavy (non-hydrogen) atoms. The van der Waals surface area contributed by atoms with Gasteiger partial charge in [0, 0.05) is 17.2 Å². The van der Waals surface area contributed by atoms with Gasteiger partial charge in [0.05, 0.1) is 12.1 Å². The maximum atomic E-state index is 2.61. The van der Waals surface area contributed by atoms with Gasteiger partial charge in [-0.2, -0.15) is 11.8 Å². The van der Waals surface area contributed by atoms with Crippen molar-refractivity contribution in [3.05, 3.63) is 102 Å². The van der Waals surface area contributed by atoms with Gasteiger partial charge in [-0.05, 0) is 23.3 Å². The summed E-state index contributed by atoms with van der Waals surface area (Å²) >= 11 is 2.06. The van der Waals surface area contributed by atoms with Gasteiger partial charge in [0.1, 0.15) is 0 Å². The molecule has 0 N–H and O–H groups in total. The van der Waals surface area contributed by atoms with Gasteiger partial charge >= 0.3 is 0 Å². The number of nitrogens with zero attached hydrogens (tertiary/aromatic N) is 1. The predicted molar refractivity (Wildman–Crippen MR) is 105 cm³/mol. The van der Waals surface area contributed by atoms with Crippen LogP contribution >= 0.6 is 11.8 Å². The van der Waals surface area contributed by atoms with Gasteiger partial charge in [-0.25, -0.2) is 0 Å². The lowest BCUT2D eigenvalue weighted by molar-refractivity contribution is 0.582.